The number of ether oxygens (including phenoxy) is 1. The normalized spacial score (nSPS) is 10.5. The molecule has 0 radical (unpaired) electrons. The molecule has 7 nitrogen and oxygen atoms in total. The van der Waals surface area contributed by atoms with E-state index < -0.39 is 0 Å². The summed E-state index contributed by atoms with van der Waals surface area (Å²) in [6, 6.07) is 5.27. The van der Waals surface area contributed by atoms with Crippen LogP contribution < -0.4 is 15.8 Å². The lowest BCUT2D eigenvalue weighted by atomic mass is 10.1. The third-order valence-corrected chi connectivity index (χ3v) is 3.14. The van der Waals surface area contributed by atoms with Gasteiger partial charge < -0.3 is 20.8 Å². The first-order chi connectivity index (χ1) is 10.2. The first kappa shape index (κ1) is 12.9. The van der Waals surface area contributed by atoms with E-state index >= 15 is 0 Å². The van der Waals surface area contributed by atoms with Crippen LogP contribution >= 0.6 is 0 Å². The molecule has 3 heterocycles. The molecule has 7 heteroatoms. The Balaban J connectivity index is 2.15. The van der Waals surface area contributed by atoms with E-state index in [1.165, 1.54) is 0 Å². The lowest BCUT2D eigenvalue weighted by molar-refractivity contribution is -0.105. The van der Waals surface area contributed by atoms with E-state index in [2.05, 4.69) is 20.3 Å². The molecule has 4 N–H and O–H groups in total. The van der Waals surface area contributed by atoms with Crippen LogP contribution in [0.1, 0.15) is 0 Å². The quantitative estimate of drug-likeness (QED) is 0.633. The lowest BCUT2D eigenvalue weighted by Gasteiger charge is -2.07. The maximum atomic E-state index is 10.5. The van der Waals surface area contributed by atoms with Crippen molar-refractivity contribution < 1.29 is 9.53 Å². The second-order valence-electron chi connectivity index (χ2n) is 4.37. The molecule has 0 fully saturated rings. The predicted octanol–water partition coefficient (Wildman–Crippen LogP) is 1.78. The molecule has 0 aliphatic rings. The fourth-order valence-corrected chi connectivity index (χ4v) is 2.19. The topological polar surface area (TPSA) is 106 Å². The van der Waals surface area contributed by atoms with Gasteiger partial charge in [0.25, 0.3) is 0 Å². The summed E-state index contributed by atoms with van der Waals surface area (Å²) in [5, 5.41) is 3.41. The van der Waals surface area contributed by atoms with E-state index in [0.29, 0.717) is 29.4 Å². The van der Waals surface area contributed by atoms with Gasteiger partial charge in [0.1, 0.15) is 23.0 Å². The highest BCUT2D eigenvalue weighted by Gasteiger charge is 2.13. The average molecular weight is 283 g/mol. The number of nitrogens with zero attached hydrogens (tertiary/aromatic N) is 2. The van der Waals surface area contributed by atoms with Gasteiger partial charge in [0.15, 0.2) is 0 Å². The summed E-state index contributed by atoms with van der Waals surface area (Å²) < 4.78 is 5.35. The largest absolute Gasteiger partial charge is 0.496 e. The molecule has 0 saturated carbocycles. The number of pyridine rings is 2. The van der Waals surface area contributed by atoms with Crippen molar-refractivity contribution in [2.75, 3.05) is 18.2 Å². The number of fused-ring (bicyclic) bond motifs is 1. The van der Waals surface area contributed by atoms with Gasteiger partial charge in [0, 0.05) is 35.0 Å². The Hall–Kier alpha value is -3.09. The molecule has 3 rings (SSSR count). The lowest BCUT2D eigenvalue weighted by Crippen LogP contribution is -1.96. The minimum atomic E-state index is 0.394. The van der Waals surface area contributed by atoms with Gasteiger partial charge in [-0.1, -0.05) is 0 Å². The zero-order valence-corrected chi connectivity index (χ0v) is 11.3. The van der Waals surface area contributed by atoms with Crippen LogP contribution in [0.4, 0.5) is 11.6 Å². The van der Waals surface area contributed by atoms with Gasteiger partial charge in [-0.05, 0) is 12.1 Å². The van der Waals surface area contributed by atoms with Crippen LogP contribution in [0, 0.1) is 0 Å². The molecule has 3 aromatic rings. The highest BCUT2D eigenvalue weighted by atomic mass is 16.5. The van der Waals surface area contributed by atoms with Gasteiger partial charge in [-0.2, -0.15) is 0 Å². The van der Waals surface area contributed by atoms with Crippen molar-refractivity contribution >= 4 is 29.1 Å². The molecule has 0 atom stereocenters. The van der Waals surface area contributed by atoms with Crippen molar-refractivity contribution in [3.8, 4) is 16.9 Å². The molecule has 21 heavy (non-hydrogen) atoms. The minimum Gasteiger partial charge on any atom is -0.496 e. The van der Waals surface area contributed by atoms with Crippen LogP contribution in [0.15, 0.2) is 30.6 Å². The zero-order chi connectivity index (χ0) is 14.8. The van der Waals surface area contributed by atoms with Crippen molar-refractivity contribution in [1.82, 2.24) is 15.0 Å². The average Bonchev–Trinajstić information content (AvgIpc) is 2.90. The molecule has 0 aromatic carbocycles. The third kappa shape index (κ3) is 2.25. The summed E-state index contributed by atoms with van der Waals surface area (Å²) in [7, 11) is 1.58. The minimum absolute atomic E-state index is 0.394. The van der Waals surface area contributed by atoms with Crippen LogP contribution in [0.3, 0.4) is 0 Å². The second-order valence-corrected chi connectivity index (χ2v) is 4.37. The number of methoxy groups -OCH3 is 1. The molecule has 0 saturated heterocycles. The molecular formula is C14H13N5O2. The number of carbonyl (C=O) groups excluding carboxylic acids is 1. The Morgan fingerprint density at radius 2 is 2.24 bits per heavy atom. The van der Waals surface area contributed by atoms with Gasteiger partial charge in [-0.15, -0.1) is 0 Å². The molecule has 106 valence electrons. The summed E-state index contributed by atoms with van der Waals surface area (Å²) in [5.41, 5.74) is 8.05. The van der Waals surface area contributed by atoms with Crippen LogP contribution in [0.2, 0.25) is 0 Å². The van der Waals surface area contributed by atoms with Crippen LogP contribution in [-0.2, 0) is 4.79 Å². The van der Waals surface area contributed by atoms with Crippen molar-refractivity contribution in [1.29, 1.82) is 0 Å². The Kier molecular flexibility index (Phi) is 3.15. The Bertz CT molecular complexity index is 812. The number of aromatic amines is 1. The Morgan fingerprint density at radius 3 is 3.00 bits per heavy atom. The van der Waals surface area contributed by atoms with Gasteiger partial charge in [0.05, 0.1) is 7.11 Å². The van der Waals surface area contributed by atoms with Crippen molar-refractivity contribution in [3.63, 3.8) is 0 Å². The monoisotopic (exact) mass is 283 g/mol. The number of nitrogens with two attached hydrogens (primary N) is 1. The van der Waals surface area contributed by atoms with Crippen LogP contribution in [-0.4, -0.2) is 28.5 Å². The van der Waals surface area contributed by atoms with Crippen molar-refractivity contribution in [2.24, 2.45) is 0 Å². The van der Waals surface area contributed by atoms with Crippen molar-refractivity contribution in [3.05, 3.63) is 30.6 Å². The van der Waals surface area contributed by atoms with E-state index in [4.69, 9.17) is 10.5 Å². The number of carbonyl (C=O) groups is 1. The fourth-order valence-electron chi connectivity index (χ4n) is 2.19. The molecule has 0 aliphatic carbocycles. The number of nitrogen functional groups attached to an aromatic ring is 1. The number of hydrogen-bond donors (Lipinski definition) is 3. The number of rotatable bonds is 4. The molecule has 0 spiro atoms. The van der Waals surface area contributed by atoms with E-state index in [-0.39, 0.29) is 0 Å². The van der Waals surface area contributed by atoms with Gasteiger partial charge in [-0.25, -0.2) is 9.97 Å². The van der Waals surface area contributed by atoms with Crippen LogP contribution in [0.25, 0.3) is 22.2 Å². The summed E-state index contributed by atoms with van der Waals surface area (Å²) >= 11 is 0. The molecule has 0 aliphatic heterocycles. The van der Waals surface area contributed by atoms with E-state index in [1.807, 2.05) is 12.3 Å². The Morgan fingerprint density at radius 1 is 1.38 bits per heavy atom. The third-order valence-electron chi connectivity index (χ3n) is 3.14. The number of aromatic nitrogens is 3. The summed E-state index contributed by atoms with van der Waals surface area (Å²) in [6.45, 7) is 0. The molecule has 0 unspecified atom stereocenters. The summed E-state index contributed by atoms with van der Waals surface area (Å²) in [6.07, 6.45) is 4.07. The first-order valence-electron chi connectivity index (χ1n) is 6.21. The molecular weight excluding hydrogens is 270 g/mol. The number of H-pyrrole nitrogens is 1. The van der Waals surface area contributed by atoms with E-state index in [9.17, 15) is 4.79 Å². The number of amides is 1. The summed E-state index contributed by atoms with van der Waals surface area (Å²) in [5.74, 6) is 1.51. The van der Waals surface area contributed by atoms with Gasteiger partial charge >= 0.3 is 0 Å². The van der Waals surface area contributed by atoms with E-state index in [1.54, 1.807) is 25.4 Å². The Labute approximate surface area is 120 Å². The first-order valence-corrected chi connectivity index (χ1v) is 6.21. The van der Waals surface area contributed by atoms with Gasteiger partial charge in [0.2, 0.25) is 6.41 Å². The SMILES string of the molecule is COc1cc(N)ncc1-c1c[nH]c2nc(NC=O)ccc12. The predicted molar refractivity (Wildman–Crippen MR) is 80.0 cm³/mol. The smallest absolute Gasteiger partial charge is 0.212 e. The van der Waals surface area contributed by atoms with Gasteiger partial charge in [-0.3, -0.25) is 4.79 Å². The molecule has 3 aromatic heterocycles. The molecule has 1 amide bonds. The highest BCUT2D eigenvalue weighted by molar-refractivity contribution is 5.96. The summed E-state index contributed by atoms with van der Waals surface area (Å²) in [4.78, 5) is 21.9. The van der Waals surface area contributed by atoms with Crippen molar-refractivity contribution in [2.45, 2.75) is 0 Å². The molecule has 0 bridgehead atoms. The second kappa shape index (κ2) is 5.12. The zero-order valence-electron chi connectivity index (χ0n) is 11.3. The maximum Gasteiger partial charge on any atom is 0.212 e. The fraction of sp³-hybridized carbons (Fsp3) is 0.0714. The maximum absolute atomic E-state index is 10.5. The van der Waals surface area contributed by atoms with E-state index in [0.717, 1.165) is 16.5 Å². The van der Waals surface area contributed by atoms with Crippen LogP contribution in [0.5, 0.6) is 5.75 Å². The number of hydrogen-bond acceptors (Lipinski definition) is 5. The highest BCUT2D eigenvalue weighted by Crippen LogP contribution is 2.35. The number of nitrogens with one attached hydrogen (secondary N) is 2. The number of anilines is 2. The standard InChI is InChI=1S/C14H13N5O2/c1-21-11-4-12(15)16-6-10(11)9-5-17-14-8(9)2-3-13(19-14)18-7-20/h2-7H,1H3,(H2,15,16)(H2,17,18,19,20).